The zero-order valence-corrected chi connectivity index (χ0v) is 12.3. The van der Waals surface area contributed by atoms with E-state index in [1.165, 1.54) is 0 Å². The summed E-state index contributed by atoms with van der Waals surface area (Å²) in [5.41, 5.74) is 1.52. The Morgan fingerprint density at radius 2 is 2.40 bits per heavy atom. The molecule has 1 aromatic heterocycles. The number of anilines is 1. The minimum atomic E-state index is 0.0627. The Hall–Kier alpha value is -1.62. The summed E-state index contributed by atoms with van der Waals surface area (Å²) in [5.74, 6) is 0.0627. The lowest BCUT2D eigenvalue weighted by Crippen LogP contribution is -2.45. The van der Waals surface area contributed by atoms with Crippen LogP contribution < -0.4 is 5.32 Å². The summed E-state index contributed by atoms with van der Waals surface area (Å²) >= 11 is 0. The molecule has 20 heavy (non-hydrogen) atoms. The zero-order chi connectivity index (χ0) is 14.4. The molecular formula is C15H23N3O2. The van der Waals surface area contributed by atoms with Gasteiger partial charge in [-0.3, -0.25) is 9.78 Å². The normalized spacial score (nSPS) is 18.9. The van der Waals surface area contributed by atoms with Crippen molar-refractivity contribution in [2.24, 2.45) is 0 Å². The lowest BCUT2D eigenvalue weighted by Gasteiger charge is -2.33. The van der Waals surface area contributed by atoms with Crippen LogP contribution in [0.15, 0.2) is 18.5 Å². The van der Waals surface area contributed by atoms with Gasteiger partial charge in [-0.15, -0.1) is 0 Å². The summed E-state index contributed by atoms with van der Waals surface area (Å²) in [7, 11) is 0. The third-order valence-corrected chi connectivity index (χ3v) is 3.50. The quantitative estimate of drug-likeness (QED) is 0.896. The molecule has 110 valence electrons. The molecule has 1 aliphatic heterocycles. The van der Waals surface area contributed by atoms with Gasteiger partial charge >= 0.3 is 0 Å². The molecule has 1 amide bonds. The van der Waals surface area contributed by atoms with Crippen LogP contribution in [0.4, 0.5) is 5.69 Å². The number of amides is 1. The summed E-state index contributed by atoms with van der Waals surface area (Å²) in [5, 5.41) is 3.27. The third kappa shape index (κ3) is 3.48. The predicted molar refractivity (Wildman–Crippen MR) is 79.0 cm³/mol. The molecule has 1 atom stereocenters. The fraction of sp³-hybridized carbons (Fsp3) is 0.600. The first-order valence-corrected chi connectivity index (χ1v) is 7.35. The van der Waals surface area contributed by atoms with E-state index in [1.54, 1.807) is 18.5 Å². The summed E-state index contributed by atoms with van der Waals surface area (Å²) < 4.78 is 5.62. The highest BCUT2D eigenvalue weighted by Gasteiger charge is 2.25. The minimum absolute atomic E-state index is 0.0627. The molecule has 5 nitrogen and oxygen atoms in total. The third-order valence-electron chi connectivity index (χ3n) is 3.50. The first kappa shape index (κ1) is 14.8. The van der Waals surface area contributed by atoms with Gasteiger partial charge in [0.15, 0.2) is 0 Å². The van der Waals surface area contributed by atoms with Crippen molar-refractivity contribution in [3.8, 4) is 0 Å². The van der Waals surface area contributed by atoms with Crippen LogP contribution in [0, 0.1) is 0 Å². The molecule has 0 spiro atoms. The molecule has 0 bridgehead atoms. The number of morpholine rings is 1. The van der Waals surface area contributed by atoms with Crippen LogP contribution in [0.1, 0.15) is 37.0 Å². The Morgan fingerprint density at radius 1 is 1.55 bits per heavy atom. The second-order valence-electron chi connectivity index (χ2n) is 5.00. The van der Waals surface area contributed by atoms with E-state index < -0.39 is 0 Å². The number of carbonyl (C=O) groups excluding carboxylic acids is 1. The molecule has 0 aromatic carbocycles. The number of rotatable bonds is 5. The Morgan fingerprint density at radius 3 is 3.15 bits per heavy atom. The van der Waals surface area contributed by atoms with Crippen LogP contribution in [-0.4, -0.2) is 48.1 Å². The summed E-state index contributed by atoms with van der Waals surface area (Å²) in [4.78, 5) is 18.6. The standard InChI is InChI=1S/C15H23N3O2/c1-3-6-17-14-10-16-7-5-13(14)15(19)18-8-9-20-12(4-2)11-18/h5,7,10,12,17H,3-4,6,8-9,11H2,1-2H3. The van der Waals surface area contributed by atoms with Crippen LogP contribution >= 0.6 is 0 Å². The number of hydrogen-bond acceptors (Lipinski definition) is 4. The van der Waals surface area contributed by atoms with Crippen molar-refractivity contribution >= 4 is 11.6 Å². The molecule has 1 aliphatic rings. The lowest BCUT2D eigenvalue weighted by atomic mass is 10.1. The monoisotopic (exact) mass is 277 g/mol. The molecule has 0 radical (unpaired) electrons. The molecular weight excluding hydrogens is 254 g/mol. The molecule has 1 saturated heterocycles. The van der Waals surface area contributed by atoms with Gasteiger partial charge in [-0.1, -0.05) is 13.8 Å². The number of aromatic nitrogens is 1. The molecule has 1 unspecified atom stereocenters. The van der Waals surface area contributed by atoms with E-state index in [0.29, 0.717) is 25.3 Å². The van der Waals surface area contributed by atoms with Gasteiger partial charge in [0, 0.05) is 25.8 Å². The van der Waals surface area contributed by atoms with Gasteiger partial charge in [-0.05, 0) is 18.9 Å². The van der Waals surface area contributed by atoms with Crippen molar-refractivity contribution in [1.82, 2.24) is 9.88 Å². The van der Waals surface area contributed by atoms with Crippen LogP contribution in [0.5, 0.6) is 0 Å². The summed E-state index contributed by atoms with van der Waals surface area (Å²) in [6.45, 7) is 6.97. The summed E-state index contributed by atoms with van der Waals surface area (Å²) in [6.07, 6.45) is 5.49. The SMILES string of the molecule is CCCNc1cnccc1C(=O)N1CCOC(CC)C1. The van der Waals surface area contributed by atoms with Gasteiger partial charge in [0.1, 0.15) is 0 Å². The Balaban J connectivity index is 2.11. The molecule has 5 heteroatoms. The van der Waals surface area contributed by atoms with E-state index in [4.69, 9.17) is 4.74 Å². The molecule has 1 N–H and O–H groups in total. The number of nitrogens with one attached hydrogen (secondary N) is 1. The van der Waals surface area contributed by atoms with Gasteiger partial charge in [-0.2, -0.15) is 0 Å². The zero-order valence-electron chi connectivity index (χ0n) is 12.3. The predicted octanol–water partition coefficient (Wildman–Crippen LogP) is 2.15. The first-order chi connectivity index (χ1) is 9.76. The summed E-state index contributed by atoms with van der Waals surface area (Å²) in [6, 6.07) is 1.79. The fourth-order valence-corrected chi connectivity index (χ4v) is 2.30. The number of nitrogens with zero attached hydrogens (tertiary/aromatic N) is 2. The van der Waals surface area contributed by atoms with Crippen molar-refractivity contribution in [3.63, 3.8) is 0 Å². The molecule has 1 fully saturated rings. The van der Waals surface area contributed by atoms with Gasteiger partial charge in [0.05, 0.1) is 30.2 Å². The van der Waals surface area contributed by atoms with E-state index in [-0.39, 0.29) is 12.0 Å². The minimum Gasteiger partial charge on any atom is -0.383 e. The highest BCUT2D eigenvalue weighted by molar-refractivity contribution is 5.99. The fourth-order valence-electron chi connectivity index (χ4n) is 2.30. The lowest BCUT2D eigenvalue weighted by molar-refractivity contribution is -0.0226. The van der Waals surface area contributed by atoms with Crippen LogP contribution in [0.2, 0.25) is 0 Å². The number of ether oxygens (including phenoxy) is 1. The van der Waals surface area contributed by atoms with Crippen molar-refractivity contribution < 1.29 is 9.53 Å². The Labute approximate surface area is 120 Å². The number of hydrogen-bond donors (Lipinski definition) is 1. The number of pyridine rings is 1. The van der Waals surface area contributed by atoms with Gasteiger partial charge in [0.2, 0.25) is 0 Å². The Bertz CT molecular complexity index is 450. The van der Waals surface area contributed by atoms with Crippen molar-refractivity contribution in [2.75, 3.05) is 31.6 Å². The maximum atomic E-state index is 12.6. The maximum Gasteiger partial charge on any atom is 0.256 e. The molecule has 2 heterocycles. The van der Waals surface area contributed by atoms with Crippen LogP contribution in [-0.2, 0) is 4.74 Å². The van der Waals surface area contributed by atoms with E-state index in [0.717, 1.165) is 25.1 Å². The first-order valence-electron chi connectivity index (χ1n) is 7.35. The Kier molecular flexibility index (Phi) is 5.35. The second kappa shape index (κ2) is 7.24. The molecule has 2 rings (SSSR count). The number of carbonyl (C=O) groups is 1. The van der Waals surface area contributed by atoms with Crippen LogP contribution in [0.25, 0.3) is 0 Å². The van der Waals surface area contributed by atoms with Crippen molar-refractivity contribution in [3.05, 3.63) is 24.0 Å². The van der Waals surface area contributed by atoms with E-state index in [9.17, 15) is 4.79 Å². The molecule has 0 aliphatic carbocycles. The van der Waals surface area contributed by atoms with Gasteiger partial charge < -0.3 is 15.0 Å². The average molecular weight is 277 g/mol. The van der Waals surface area contributed by atoms with Gasteiger partial charge in [-0.25, -0.2) is 0 Å². The highest BCUT2D eigenvalue weighted by atomic mass is 16.5. The van der Waals surface area contributed by atoms with Crippen molar-refractivity contribution in [2.45, 2.75) is 32.8 Å². The van der Waals surface area contributed by atoms with Crippen LogP contribution in [0.3, 0.4) is 0 Å². The topological polar surface area (TPSA) is 54.5 Å². The smallest absolute Gasteiger partial charge is 0.256 e. The highest BCUT2D eigenvalue weighted by Crippen LogP contribution is 2.18. The van der Waals surface area contributed by atoms with E-state index >= 15 is 0 Å². The van der Waals surface area contributed by atoms with E-state index in [1.807, 2.05) is 4.90 Å². The van der Waals surface area contributed by atoms with Crippen molar-refractivity contribution in [1.29, 1.82) is 0 Å². The average Bonchev–Trinajstić information content (AvgIpc) is 2.52. The largest absolute Gasteiger partial charge is 0.383 e. The maximum absolute atomic E-state index is 12.6. The van der Waals surface area contributed by atoms with Gasteiger partial charge in [0.25, 0.3) is 5.91 Å². The molecule has 0 saturated carbocycles. The van der Waals surface area contributed by atoms with E-state index in [2.05, 4.69) is 24.1 Å². The molecule has 1 aromatic rings. The second-order valence-corrected chi connectivity index (χ2v) is 5.00.